The summed E-state index contributed by atoms with van der Waals surface area (Å²) in [5, 5.41) is 4.15. The van der Waals surface area contributed by atoms with Gasteiger partial charge in [-0.3, -0.25) is 0 Å². The van der Waals surface area contributed by atoms with Gasteiger partial charge in [0, 0.05) is 23.0 Å². The first-order valence-electron chi connectivity index (χ1n) is 6.69. The molecule has 1 heterocycles. The van der Waals surface area contributed by atoms with Gasteiger partial charge in [0.25, 0.3) is 0 Å². The molecular weight excluding hydrogens is 258 g/mol. The maximum absolute atomic E-state index is 6.17. The highest BCUT2D eigenvalue weighted by atomic mass is 35.5. The third-order valence-corrected chi connectivity index (χ3v) is 3.27. The van der Waals surface area contributed by atoms with E-state index in [1.54, 1.807) is 0 Å². The molecule has 0 unspecified atom stereocenters. The quantitative estimate of drug-likeness (QED) is 0.791. The van der Waals surface area contributed by atoms with E-state index in [-0.39, 0.29) is 0 Å². The fourth-order valence-electron chi connectivity index (χ4n) is 1.95. The van der Waals surface area contributed by atoms with Gasteiger partial charge in [0.05, 0.1) is 11.9 Å². The second kappa shape index (κ2) is 6.73. The molecule has 102 valence electrons. The summed E-state index contributed by atoms with van der Waals surface area (Å²) < 4.78 is 0. The van der Waals surface area contributed by atoms with Crippen molar-refractivity contribution < 1.29 is 0 Å². The summed E-state index contributed by atoms with van der Waals surface area (Å²) in [6.45, 7) is 5.32. The zero-order chi connectivity index (χ0) is 13.7. The van der Waals surface area contributed by atoms with Crippen molar-refractivity contribution in [3.8, 4) is 11.3 Å². The van der Waals surface area contributed by atoms with Crippen molar-refractivity contribution in [2.45, 2.75) is 32.7 Å². The zero-order valence-corrected chi connectivity index (χ0v) is 12.2. The Morgan fingerprint density at radius 1 is 1.32 bits per heavy atom. The second-order valence-electron chi connectivity index (χ2n) is 4.94. The Bertz CT molecular complexity index is 520. The number of nitrogens with one attached hydrogen (secondary N) is 2. The molecule has 1 aromatic carbocycles. The van der Waals surface area contributed by atoms with Crippen LogP contribution in [0, 0.1) is 0 Å². The lowest BCUT2D eigenvalue weighted by atomic mass is 10.2. The third-order valence-electron chi connectivity index (χ3n) is 2.94. The van der Waals surface area contributed by atoms with Gasteiger partial charge in [-0.25, -0.2) is 4.98 Å². The number of halogens is 1. The van der Waals surface area contributed by atoms with E-state index >= 15 is 0 Å². The third kappa shape index (κ3) is 4.08. The van der Waals surface area contributed by atoms with Gasteiger partial charge in [-0.1, -0.05) is 43.6 Å². The number of hydrogen-bond donors (Lipinski definition) is 2. The summed E-state index contributed by atoms with van der Waals surface area (Å²) in [5.74, 6) is 1.01. The topological polar surface area (TPSA) is 40.7 Å². The molecule has 2 rings (SSSR count). The van der Waals surface area contributed by atoms with Gasteiger partial charge in [-0.2, -0.15) is 0 Å². The molecule has 0 bridgehead atoms. The summed E-state index contributed by atoms with van der Waals surface area (Å²) in [7, 11) is 0. The number of benzene rings is 1. The lowest BCUT2D eigenvalue weighted by Gasteiger charge is -2.06. The first-order chi connectivity index (χ1) is 9.16. The van der Waals surface area contributed by atoms with Crippen molar-refractivity contribution >= 4 is 11.6 Å². The maximum atomic E-state index is 6.17. The number of rotatable bonds is 6. The minimum atomic E-state index is 0.537. The lowest BCUT2D eigenvalue weighted by molar-refractivity contribution is 0.567. The van der Waals surface area contributed by atoms with Crippen LogP contribution in [0.5, 0.6) is 0 Å². The van der Waals surface area contributed by atoms with E-state index in [0.29, 0.717) is 6.04 Å². The van der Waals surface area contributed by atoms with Crippen molar-refractivity contribution in [3.63, 3.8) is 0 Å². The second-order valence-corrected chi connectivity index (χ2v) is 5.34. The SMILES string of the molecule is CC(C)NCCCc1ncc(-c2ccccc2Cl)[nH]1. The van der Waals surface area contributed by atoms with E-state index in [0.717, 1.165) is 41.5 Å². The number of hydrogen-bond acceptors (Lipinski definition) is 2. The highest BCUT2D eigenvalue weighted by Crippen LogP contribution is 2.25. The first-order valence-corrected chi connectivity index (χ1v) is 7.07. The molecule has 0 saturated heterocycles. The molecule has 0 saturated carbocycles. The van der Waals surface area contributed by atoms with E-state index in [2.05, 4.69) is 29.1 Å². The number of imidazole rings is 1. The fourth-order valence-corrected chi connectivity index (χ4v) is 2.19. The molecule has 3 nitrogen and oxygen atoms in total. The molecule has 0 aliphatic heterocycles. The lowest BCUT2D eigenvalue weighted by Crippen LogP contribution is -2.24. The molecule has 0 fully saturated rings. The molecule has 0 aliphatic carbocycles. The number of aryl methyl sites for hydroxylation is 1. The molecule has 19 heavy (non-hydrogen) atoms. The predicted molar refractivity (Wildman–Crippen MR) is 80.5 cm³/mol. The summed E-state index contributed by atoms with van der Waals surface area (Å²) >= 11 is 6.17. The number of aromatic nitrogens is 2. The summed E-state index contributed by atoms with van der Waals surface area (Å²) in [6.07, 6.45) is 3.88. The zero-order valence-electron chi connectivity index (χ0n) is 11.4. The summed E-state index contributed by atoms with van der Waals surface area (Å²) in [4.78, 5) is 7.74. The summed E-state index contributed by atoms with van der Waals surface area (Å²) in [6, 6.07) is 8.34. The van der Waals surface area contributed by atoms with Gasteiger partial charge in [0.15, 0.2) is 0 Å². The Morgan fingerprint density at radius 3 is 2.84 bits per heavy atom. The monoisotopic (exact) mass is 277 g/mol. The predicted octanol–water partition coefficient (Wildman–Crippen LogP) is 3.66. The van der Waals surface area contributed by atoms with Crippen molar-refractivity contribution in [1.82, 2.24) is 15.3 Å². The van der Waals surface area contributed by atoms with Crippen LogP contribution in [0.1, 0.15) is 26.1 Å². The van der Waals surface area contributed by atoms with Crippen LogP contribution < -0.4 is 5.32 Å². The highest BCUT2D eigenvalue weighted by molar-refractivity contribution is 6.33. The largest absolute Gasteiger partial charge is 0.342 e. The van der Waals surface area contributed by atoms with E-state index in [4.69, 9.17) is 11.6 Å². The van der Waals surface area contributed by atoms with Crippen LogP contribution in [-0.4, -0.2) is 22.6 Å². The minimum absolute atomic E-state index is 0.537. The van der Waals surface area contributed by atoms with E-state index in [1.807, 2.05) is 30.5 Å². The van der Waals surface area contributed by atoms with Gasteiger partial charge < -0.3 is 10.3 Å². The smallest absolute Gasteiger partial charge is 0.106 e. The standard InChI is InChI=1S/C15H20ClN3/c1-11(2)17-9-5-8-15-18-10-14(19-15)12-6-3-4-7-13(12)16/h3-4,6-7,10-11,17H,5,8-9H2,1-2H3,(H,18,19). The summed E-state index contributed by atoms with van der Waals surface area (Å²) in [5.41, 5.74) is 1.99. The molecule has 1 aromatic heterocycles. The molecule has 4 heteroatoms. The van der Waals surface area contributed by atoms with Crippen molar-refractivity contribution in [2.24, 2.45) is 0 Å². The Morgan fingerprint density at radius 2 is 2.11 bits per heavy atom. The average Bonchev–Trinajstić information content (AvgIpc) is 2.83. The number of nitrogens with zero attached hydrogens (tertiary/aromatic N) is 1. The van der Waals surface area contributed by atoms with Crippen LogP contribution in [0.3, 0.4) is 0 Å². The Labute approximate surface area is 119 Å². The molecule has 2 N–H and O–H groups in total. The van der Waals surface area contributed by atoms with Crippen molar-refractivity contribution in [1.29, 1.82) is 0 Å². The Hall–Kier alpha value is -1.32. The van der Waals surface area contributed by atoms with E-state index in [1.165, 1.54) is 0 Å². The van der Waals surface area contributed by atoms with Crippen LogP contribution in [-0.2, 0) is 6.42 Å². The van der Waals surface area contributed by atoms with Crippen LogP contribution in [0.15, 0.2) is 30.5 Å². The fraction of sp³-hybridized carbons (Fsp3) is 0.400. The number of H-pyrrole nitrogens is 1. The molecule has 0 amide bonds. The van der Waals surface area contributed by atoms with Gasteiger partial charge in [0.2, 0.25) is 0 Å². The molecular formula is C15H20ClN3. The Kier molecular flexibility index (Phi) is 5.00. The molecule has 0 aliphatic rings. The molecule has 2 aromatic rings. The maximum Gasteiger partial charge on any atom is 0.106 e. The molecule has 0 radical (unpaired) electrons. The van der Waals surface area contributed by atoms with Gasteiger partial charge in [0.1, 0.15) is 5.82 Å². The van der Waals surface area contributed by atoms with Gasteiger partial charge in [-0.15, -0.1) is 0 Å². The highest BCUT2D eigenvalue weighted by Gasteiger charge is 2.06. The molecule has 0 spiro atoms. The van der Waals surface area contributed by atoms with Crippen LogP contribution >= 0.6 is 11.6 Å². The average molecular weight is 278 g/mol. The van der Waals surface area contributed by atoms with Gasteiger partial charge >= 0.3 is 0 Å². The van der Waals surface area contributed by atoms with Crippen LogP contribution in [0.25, 0.3) is 11.3 Å². The normalized spacial score (nSPS) is 11.2. The van der Waals surface area contributed by atoms with Crippen molar-refractivity contribution in [2.75, 3.05) is 6.54 Å². The van der Waals surface area contributed by atoms with Gasteiger partial charge in [-0.05, 0) is 19.0 Å². The first kappa shape index (κ1) is 14.1. The van der Waals surface area contributed by atoms with E-state index in [9.17, 15) is 0 Å². The van der Waals surface area contributed by atoms with Crippen molar-refractivity contribution in [3.05, 3.63) is 41.3 Å². The van der Waals surface area contributed by atoms with E-state index < -0.39 is 0 Å². The van der Waals surface area contributed by atoms with Crippen LogP contribution in [0.4, 0.5) is 0 Å². The molecule has 0 atom stereocenters. The van der Waals surface area contributed by atoms with Crippen LogP contribution in [0.2, 0.25) is 5.02 Å². The number of aromatic amines is 1. The Balaban J connectivity index is 1.94. The minimum Gasteiger partial charge on any atom is -0.342 e.